The fraction of sp³-hybridized carbons (Fsp3) is 0.933. The first kappa shape index (κ1) is 12.5. The van der Waals surface area contributed by atoms with Gasteiger partial charge in [-0.15, -0.1) is 0 Å². The fourth-order valence-corrected chi connectivity index (χ4v) is 3.45. The van der Waals surface area contributed by atoms with Gasteiger partial charge in [0.2, 0.25) is 0 Å². The summed E-state index contributed by atoms with van der Waals surface area (Å²) in [7, 11) is 0. The molecule has 3 saturated carbocycles. The molecule has 3 nitrogen and oxygen atoms in total. The smallest absolute Gasteiger partial charge is 0.308 e. The number of hydrogen-bond acceptors (Lipinski definition) is 2. The van der Waals surface area contributed by atoms with Gasteiger partial charge in [0.1, 0.15) is 0 Å². The average Bonchev–Trinajstić information content (AvgIpc) is 3.23. The van der Waals surface area contributed by atoms with Gasteiger partial charge in [-0.1, -0.05) is 12.8 Å². The van der Waals surface area contributed by atoms with Gasteiger partial charge in [0, 0.05) is 19.1 Å². The zero-order chi connectivity index (χ0) is 12.5. The van der Waals surface area contributed by atoms with Crippen LogP contribution in [-0.4, -0.2) is 35.1 Å². The molecule has 1 N–H and O–H groups in total. The van der Waals surface area contributed by atoms with E-state index in [1.807, 2.05) is 0 Å². The highest BCUT2D eigenvalue weighted by atomic mass is 16.4. The summed E-state index contributed by atoms with van der Waals surface area (Å²) in [5, 5.41) is 9.43. The van der Waals surface area contributed by atoms with E-state index in [0.717, 1.165) is 31.1 Å². The number of aliphatic carboxylic acids is 1. The van der Waals surface area contributed by atoms with Crippen molar-refractivity contribution in [1.29, 1.82) is 0 Å². The second kappa shape index (κ2) is 5.20. The Kier molecular flexibility index (Phi) is 3.60. The minimum absolute atomic E-state index is 0.101. The van der Waals surface area contributed by atoms with E-state index in [0.29, 0.717) is 6.04 Å². The maximum absolute atomic E-state index is 11.4. The van der Waals surface area contributed by atoms with Crippen molar-refractivity contribution in [2.75, 3.05) is 13.1 Å². The summed E-state index contributed by atoms with van der Waals surface area (Å²) in [6.45, 7) is 2.34. The first-order valence-corrected chi connectivity index (χ1v) is 7.71. The van der Waals surface area contributed by atoms with Crippen LogP contribution in [-0.2, 0) is 4.79 Å². The molecule has 3 heteroatoms. The maximum Gasteiger partial charge on any atom is 0.308 e. The Bertz CT molecular complexity index is 296. The van der Waals surface area contributed by atoms with Crippen molar-refractivity contribution in [3.8, 4) is 0 Å². The van der Waals surface area contributed by atoms with Gasteiger partial charge >= 0.3 is 5.97 Å². The molecule has 0 heterocycles. The molecule has 3 aliphatic rings. The summed E-state index contributed by atoms with van der Waals surface area (Å²) in [6, 6.07) is 0.331. The van der Waals surface area contributed by atoms with Crippen LogP contribution in [0.1, 0.15) is 51.4 Å². The zero-order valence-electron chi connectivity index (χ0n) is 11.2. The topological polar surface area (TPSA) is 40.5 Å². The van der Waals surface area contributed by atoms with Gasteiger partial charge < -0.3 is 5.11 Å². The molecule has 2 atom stereocenters. The van der Waals surface area contributed by atoms with Gasteiger partial charge in [0.05, 0.1) is 5.92 Å². The third kappa shape index (κ3) is 3.05. The molecular weight excluding hydrogens is 226 g/mol. The Balaban J connectivity index is 1.66. The van der Waals surface area contributed by atoms with Crippen molar-refractivity contribution < 1.29 is 9.90 Å². The molecule has 0 saturated heterocycles. The quantitative estimate of drug-likeness (QED) is 0.789. The first-order chi connectivity index (χ1) is 8.74. The SMILES string of the molecule is O=C(O)C1CCCCC1N(CC1CC1)CC1CC1. The van der Waals surface area contributed by atoms with Crippen LogP contribution >= 0.6 is 0 Å². The van der Waals surface area contributed by atoms with Crippen LogP contribution < -0.4 is 0 Å². The van der Waals surface area contributed by atoms with Gasteiger partial charge in [0.25, 0.3) is 0 Å². The maximum atomic E-state index is 11.4. The number of carboxylic acids is 1. The molecule has 0 aliphatic heterocycles. The van der Waals surface area contributed by atoms with Crippen LogP contribution in [0.4, 0.5) is 0 Å². The third-order valence-electron chi connectivity index (χ3n) is 4.89. The van der Waals surface area contributed by atoms with Crippen LogP contribution in [0.5, 0.6) is 0 Å². The van der Waals surface area contributed by atoms with E-state index in [1.165, 1.54) is 45.2 Å². The predicted molar refractivity (Wildman–Crippen MR) is 70.4 cm³/mol. The minimum atomic E-state index is -0.559. The Hall–Kier alpha value is -0.570. The molecule has 0 aromatic carbocycles. The highest BCUT2D eigenvalue weighted by molar-refractivity contribution is 5.71. The van der Waals surface area contributed by atoms with Crippen LogP contribution in [0.2, 0.25) is 0 Å². The van der Waals surface area contributed by atoms with E-state index in [4.69, 9.17) is 0 Å². The van der Waals surface area contributed by atoms with Crippen molar-refractivity contribution in [3.05, 3.63) is 0 Å². The van der Waals surface area contributed by atoms with Gasteiger partial charge in [0.15, 0.2) is 0 Å². The van der Waals surface area contributed by atoms with Gasteiger partial charge in [-0.05, 0) is 50.4 Å². The summed E-state index contributed by atoms with van der Waals surface area (Å²) in [5.74, 6) is 1.09. The number of carboxylic acid groups (broad SMARTS) is 1. The van der Waals surface area contributed by atoms with Gasteiger partial charge in [-0.2, -0.15) is 0 Å². The summed E-state index contributed by atoms with van der Waals surface area (Å²) in [4.78, 5) is 14.0. The lowest BCUT2D eigenvalue weighted by Gasteiger charge is -2.38. The lowest BCUT2D eigenvalue weighted by Crippen LogP contribution is -2.47. The summed E-state index contributed by atoms with van der Waals surface area (Å²) in [6.07, 6.45) is 9.80. The second-order valence-electron chi connectivity index (χ2n) is 6.64. The van der Waals surface area contributed by atoms with E-state index in [1.54, 1.807) is 0 Å². The van der Waals surface area contributed by atoms with Crippen LogP contribution in [0.15, 0.2) is 0 Å². The van der Waals surface area contributed by atoms with Crippen LogP contribution in [0.25, 0.3) is 0 Å². The molecule has 3 rings (SSSR count). The molecule has 18 heavy (non-hydrogen) atoms. The molecule has 0 aromatic rings. The van der Waals surface area contributed by atoms with Crippen molar-refractivity contribution in [3.63, 3.8) is 0 Å². The van der Waals surface area contributed by atoms with Crippen molar-refractivity contribution in [2.45, 2.75) is 57.4 Å². The zero-order valence-corrected chi connectivity index (χ0v) is 11.2. The van der Waals surface area contributed by atoms with E-state index < -0.39 is 5.97 Å². The largest absolute Gasteiger partial charge is 0.481 e. The van der Waals surface area contributed by atoms with Crippen LogP contribution in [0, 0.1) is 17.8 Å². The Morgan fingerprint density at radius 3 is 2.00 bits per heavy atom. The van der Waals surface area contributed by atoms with E-state index in [9.17, 15) is 9.90 Å². The van der Waals surface area contributed by atoms with E-state index in [-0.39, 0.29) is 5.92 Å². The number of carbonyl (C=O) groups is 1. The fourth-order valence-electron chi connectivity index (χ4n) is 3.45. The number of rotatable bonds is 6. The van der Waals surface area contributed by atoms with Gasteiger partial charge in [-0.25, -0.2) is 0 Å². The minimum Gasteiger partial charge on any atom is -0.481 e. The Morgan fingerprint density at radius 1 is 0.944 bits per heavy atom. The number of nitrogens with zero attached hydrogens (tertiary/aromatic N) is 1. The summed E-state index contributed by atoms with van der Waals surface area (Å²) >= 11 is 0. The summed E-state index contributed by atoms with van der Waals surface area (Å²) < 4.78 is 0. The highest BCUT2D eigenvalue weighted by Gasteiger charge is 2.39. The normalized spacial score (nSPS) is 32.7. The molecule has 2 unspecified atom stereocenters. The Labute approximate surface area is 110 Å². The van der Waals surface area contributed by atoms with E-state index in [2.05, 4.69) is 4.90 Å². The van der Waals surface area contributed by atoms with E-state index >= 15 is 0 Å². The molecule has 0 radical (unpaired) electrons. The van der Waals surface area contributed by atoms with Crippen LogP contribution in [0.3, 0.4) is 0 Å². The Morgan fingerprint density at radius 2 is 1.50 bits per heavy atom. The first-order valence-electron chi connectivity index (χ1n) is 7.71. The predicted octanol–water partition coefficient (Wildman–Crippen LogP) is 2.75. The highest BCUT2D eigenvalue weighted by Crippen LogP contribution is 2.38. The molecule has 0 bridgehead atoms. The van der Waals surface area contributed by atoms with Crippen molar-refractivity contribution in [2.24, 2.45) is 17.8 Å². The molecule has 0 spiro atoms. The van der Waals surface area contributed by atoms with Crippen molar-refractivity contribution in [1.82, 2.24) is 4.90 Å². The molecule has 0 aromatic heterocycles. The standard InChI is InChI=1S/C15H25NO2/c17-15(18)13-3-1-2-4-14(13)16(9-11-5-6-11)10-12-7-8-12/h11-14H,1-10H2,(H,17,18). The van der Waals surface area contributed by atoms with Gasteiger partial charge in [-0.3, -0.25) is 9.69 Å². The molecule has 102 valence electrons. The monoisotopic (exact) mass is 251 g/mol. The average molecular weight is 251 g/mol. The molecule has 0 amide bonds. The second-order valence-corrected chi connectivity index (χ2v) is 6.64. The third-order valence-corrected chi connectivity index (χ3v) is 4.89. The number of hydrogen-bond donors (Lipinski definition) is 1. The molecular formula is C15H25NO2. The van der Waals surface area contributed by atoms with Crippen molar-refractivity contribution >= 4 is 5.97 Å². The molecule has 3 fully saturated rings. The molecule has 3 aliphatic carbocycles. The summed E-state index contributed by atoms with van der Waals surface area (Å²) in [5.41, 5.74) is 0. The lowest BCUT2D eigenvalue weighted by atomic mass is 9.83. The lowest BCUT2D eigenvalue weighted by molar-refractivity contribution is -0.145.